The zero-order valence-electron chi connectivity index (χ0n) is 8.34. The first-order chi connectivity index (χ1) is 5.70. The number of rotatable bonds is 3. The monoisotopic (exact) mass is 186 g/mol. The molecule has 0 aromatic heterocycles. The molecule has 4 nitrogen and oxygen atoms in total. The molecule has 0 aliphatic heterocycles. The molecular weight excluding hydrogens is 172 g/mol. The van der Waals surface area contributed by atoms with Gasteiger partial charge in [0, 0.05) is 0 Å². The van der Waals surface area contributed by atoms with Crippen molar-refractivity contribution >= 4 is 11.9 Å². The molecule has 0 atom stereocenters. The van der Waals surface area contributed by atoms with Gasteiger partial charge in [-0.1, -0.05) is 27.7 Å². The van der Waals surface area contributed by atoms with Gasteiger partial charge < -0.3 is 19.8 Å². The van der Waals surface area contributed by atoms with E-state index in [1.54, 1.807) is 20.8 Å². The van der Waals surface area contributed by atoms with Crippen LogP contribution in [0.4, 0.5) is 0 Å². The summed E-state index contributed by atoms with van der Waals surface area (Å²) in [5, 5.41) is 21.6. The fourth-order valence-electron chi connectivity index (χ4n) is 1.51. The second-order valence-corrected chi connectivity index (χ2v) is 4.08. The van der Waals surface area contributed by atoms with Crippen LogP contribution < -0.4 is 10.2 Å². The summed E-state index contributed by atoms with van der Waals surface area (Å²) in [6.45, 7) is 6.13. The van der Waals surface area contributed by atoms with E-state index in [0.29, 0.717) is 0 Å². The van der Waals surface area contributed by atoms with E-state index in [-0.39, 0.29) is 6.42 Å². The second kappa shape index (κ2) is 3.36. The highest BCUT2D eigenvalue weighted by Crippen LogP contribution is 2.40. The SMILES string of the molecule is CCC(C(=O)[O-])(C(=O)[O-])C(C)(C)C. The lowest BCUT2D eigenvalue weighted by Gasteiger charge is -2.45. The maximum atomic E-state index is 10.8. The number of hydrogen-bond donors (Lipinski definition) is 0. The van der Waals surface area contributed by atoms with Crippen LogP contribution in [0.5, 0.6) is 0 Å². The molecule has 0 saturated heterocycles. The maximum absolute atomic E-state index is 10.8. The molecule has 0 saturated carbocycles. The third-order valence-electron chi connectivity index (χ3n) is 2.51. The molecule has 0 spiro atoms. The third-order valence-corrected chi connectivity index (χ3v) is 2.51. The van der Waals surface area contributed by atoms with Crippen LogP contribution in [0.15, 0.2) is 0 Å². The van der Waals surface area contributed by atoms with Crippen LogP contribution in [0.3, 0.4) is 0 Å². The van der Waals surface area contributed by atoms with E-state index in [1.165, 1.54) is 6.92 Å². The minimum Gasteiger partial charge on any atom is -0.549 e. The van der Waals surface area contributed by atoms with Crippen molar-refractivity contribution in [2.45, 2.75) is 34.1 Å². The lowest BCUT2D eigenvalue weighted by atomic mass is 9.65. The summed E-state index contributed by atoms with van der Waals surface area (Å²) in [6.07, 6.45) is -0.0405. The van der Waals surface area contributed by atoms with Gasteiger partial charge in [-0.2, -0.15) is 0 Å². The van der Waals surface area contributed by atoms with Gasteiger partial charge in [0.05, 0.1) is 17.4 Å². The van der Waals surface area contributed by atoms with E-state index in [4.69, 9.17) is 0 Å². The van der Waals surface area contributed by atoms with E-state index in [0.717, 1.165) is 0 Å². The fraction of sp³-hybridized carbons (Fsp3) is 0.778. The summed E-state index contributed by atoms with van der Waals surface area (Å²) < 4.78 is 0. The van der Waals surface area contributed by atoms with Gasteiger partial charge in [-0.05, 0) is 11.8 Å². The summed E-state index contributed by atoms with van der Waals surface area (Å²) in [7, 11) is 0. The van der Waals surface area contributed by atoms with Crippen LogP contribution >= 0.6 is 0 Å². The molecule has 0 aromatic rings. The Kier molecular flexibility index (Phi) is 3.08. The van der Waals surface area contributed by atoms with Crippen LogP contribution in [0.25, 0.3) is 0 Å². The van der Waals surface area contributed by atoms with Crippen molar-refractivity contribution in [1.29, 1.82) is 0 Å². The zero-order chi connectivity index (χ0) is 10.9. The Morgan fingerprint density at radius 3 is 1.38 bits per heavy atom. The van der Waals surface area contributed by atoms with Crippen molar-refractivity contribution < 1.29 is 19.8 Å². The number of hydrogen-bond acceptors (Lipinski definition) is 4. The quantitative estimate of drug-likeness (QED) is 0.525. The highest BCUT2D eigenvalue weighted by atomic mass is 16.4. The molecule has 0 aliphatic carbocycles. The first-order valence-electron chi connectivity index (χ1n) is 4.13. The fourth-order valence-corrected chi connectivity index (χ4v) is 1.51. The smallest absolute Gasteiger partial charge is 0.0540 e. The largest absolute Gasteiger partial charge is 0.549 e. The number of carboxylic acid groups (broad SMARTS) is 2. The standard InChI is InChI=1S/C9H16O4/c1-5-9(6(10)11,7(12)13)8(2,3)4/h5H2,1-4H3,(H,10,11)(H,12,13)/p-2. The molecule has 0 fully saturated rings. The number of carboxylic acids is 2. The van der Waals surface area contributed by atoms with E-state index in [2.05, 4.69) is 0 Å². The molecule has 0 bridgehead atoms. The van der Waals surface area contributed by atoms with Crippen molar-refractivity contribution in [2.24, 2.45) is 10.8 Å². The van der Waals surface area contributed by atoms with Crippen LogP contribution in [-0.4, -0.2) is 11.9 Å². The Hall–Kier alpha value is -1.06. The predicted molar refractivity (Wildman–Crippen MR) is 42.2 cm³/mol. The van der Waals surface area contributed by atoms with Gasteiger partial charge in [0.25, 0.3) is 0 Å². The van der Waals surface area contributed by atoms with E-state index in [9.17, 15) is 19.8 Å². The third kappa shape index (κ3) is 1.66. The summed E-state index contributed by atoms with van der Waals surface area (Å²) in [5.41, 5.74) is -2.83. The van der Waals surface area contributed by atoms with E-state index in [1.807, 2.05) is 0 Å². The van der Waals surface area contributed by atoms with Crippen LogP contribution in [0.1, 0.15) is 34.1 Å². The topological polar surface area (TPSA) is 80.3 Å². The van der Waals surface area contributed by atoms with E-state index >= 15 is 0 Å². The molecule has 0 radical (unpaired) electrons. The Morgan fingerprint density at radius 2 is 1.38 bits per heavy atom. The van der Waals surface area contributed by atoms with Crippen molar-refractivity contribution in [1.82, 2.24) is 0 Å². The summed E-state index contributed by atoms with van der Waals surface area (Å²) in [5.74, 6) is -3.16. The number of aliphatic carboxylic acids is 2. The first-order valence-corrected chi connectivity index (χ1v) is 4.13. The van der Waals surface area contributed by atoms with Crippen molar-refractivity contribution in [2.75, 3.05) is 0 Å². The zero-order valence-corrected chi connectivity index (χ0v) is 8.34. The normalized spacial score (nSPS) is 12.6. The summed E-state index contributed by atoms with van der Waals surface area (Å²) in [6, 6.07) is 0. The number of carbonyl (C=O) groups is 2. The van der Waals surface area contributed by atoms with Crippen LogP contribution in [0.2, 0.25) is 0 Å². The molecule has 0 unspecified atom stereocenters. The van der Waals surface area contributed by atoms with Crippen molar-refractivity contribution in [3.63, 3.8) is 0 Å². The predicted octanol–water partition coefficient (Wildman–Crippen LogP) is -1.07. The van der Waals surface area contributed by atoms with Gasteiger partial charge in [0.2, 0.25) is 0 Å². The molecule has 4 heteroatoms. The average Bonchev–Trinajstić information content (AvgIpc) is 1.83. The molecule has 0 aliphatic rings. The van der Waals surface area contributed by atoms with E-state index < -0.39 is 22.8 Å². The summed E-state index contributed by atoms with van der Waals surface area (Å²) in [4.78, 5) is 21.6. The van der Waals surface area contributed by atoms with Gasteiger partial charge in [-0.25, -0.2) is 0 Å². The van der Waals surface area contributed by atoms with Gasteiger partial charge in [0.15, 0.2) is 0 Å². The lowest BCUT2D eigenvalue weighted by molar-refractivity contribution is -0.350. The van der Waals surface area contributed by atoms with Gasteiger partial charge in [0.1, 0.15) is 0 Å². The summed E-state index contributed by atoms with van der Waals surface area (Å²) >= 11 is 0. The maximum Gasteiger partial charge on any atom is 0.0540 e. The van der Waals surface area contributed by atoms with Crippen molar-refractivity contribution in [3.05, 3.63) is 0 Å². The second-order valence-electron chi connectivity index (χ2n) is 4.08. The van der Waals surface area contributed by atoms with Crippen LogP contribution in [-0.2, 0) is 9.59 Å². The van der Waals surface area contributed by atoms with Gasteiger partial charge in [-0.15, -0.1) is 0 Å². The van der Waals surface area contributed by atoms with Crippen molar-refractivity contribution in [3.8, 4) is 0 Å². The molecule has 76 valence electrons. The highest BCUT2D eigenvalue weighted by molar-refractivity contribution is 5.97. The van der Waals surface area contributed by atoms with Gasteiger partial charge in [-0.3, -0.25) is 0 Å². The minimum absolute atomic E-state index is 0.0405. The molecular formula is C9H14O4-2. The molecule has 0 aromatic carbocycles. The average molecular weight is 186 g/mol. The highest BCUT2D eigenvalue weighted by Gasteiger charge is 2.43. The Labute approximate surface area is 77.6 Å². The Balaban J connectivity index is 5.38. The van der Waals surface area contributed by atoms with Crippen LogP contribution in [0, 0.1) is 10.8 Å². The first kappa shape index (κ1) is 11.9. The Bertz CT molecular complexity index is 210. The molecule has 0 rings (SSSR count). The molecule has 13 heavy (non-hydrogen) atoms. The van der Waals surface area contributed by atoms with Gasteiger partial charge >= 0.3 is 0 Å². The minimum atomic E-state index is -1.91. The lowest BCUT2D eigenvalue weighted by Crippen LogP contribution is -2.59. The molecule has 0 heterocycles. The molecule has 0 N–H and O–H groups in total. The Morgan fingerprint density at radius 1 is 1.08 bits per heavy atom. The number of carbonyl (C=O) groups excluding carboxylic acids is 2. The molecule has 0 amide bonds.